The average Bonchev–Trinajstić information content (AvgIpc) is 2.91. The highest BCUT2D eigenvalue weighted by Crippen LogP contribution is 2.29. The number of hydrogen-bond donors (Lipinski definition) is 2. The quantitative estimate of drug-likeness (QED) is 0.890. The second-order valence-electron chi connectivity index (χ2n) is 6.78. The minimum atomic E-state index is -0.203. The van der Waals surface area contributed by atoms with Crippen LogP contribution < -0.4 is 10.9 Å². The number of aromatic nitrogens is 1. The lowest BCUT2D eigenvalue weighted by atomic mass is 9.98. The van der Waals surface area contributed by atoms with Crippen LogP contribution in [-0.2, 0) is 0 Å². The lowest BCUT2D eigenvalue weighted by molar-refractivity contribution is 0.0675. The number of carbonyl (C=O) groups is 1. The molecule has 1 amide bonds. The fourth-order valence-corrected chi connectivity index (χ4v) is 4.03. The molecule has 2 aliphatic rings. The first-order valence-electron chi connectivity index (χ1n) is 8.27. The summed E-state index contributed by atoms with van der Waals surface area (Å²) in [6.07, 6.45) is 4.40. The molecule has 5 nitrogen and oxygen atoms in total. The molecule has 2 N–H and O–H groups in total. The first-order valence-corrected chi connectivity index (χ1v) is 8.27. The second kappa shape index (κ2) is 5.49. The first-order chi connectivity index (χ1) is 11.1. The molecular weight excluding hydrogens is 290 g/mol. The summed E-state index contributed by atoms with van der Waals surface area (Å²) < 4.78 is 0. The van der Waals surface area contributed by atoms with Crippen LogP contribution in [0.5, 0.6) is 0 Å². The predicted octanol–water partition coefficient (Wildman–Crippen LogP) is 1.88. The third kappa shape index (κ3) is 2.55. The average molecular weight is 311 g/mol. The third-order valence-corrected chi connectivity index (χ3v) is 5.30. The molecule has 2 fully saturated rings. The van der Waals surface area contributed by atoms with Gasteiger partial charge in [-0.15, -0.1) is 0 Å². The topological polar surface area (TPSA) is 65.2 Å². The molecule has 120 valence electrons. The van der Waals surface area contributed by atoms with Gasteiger partial charge in [0.25, 0.3) is 11.5 Å². The van der Waals surface area contributed by atoms with Crippen molar-refractivity contribution < 1.29 is 4.79 Å². The zero-order chi connectivity index (χ0) is 16.0. The number of amides is 1. The van der Waals surface area contributed by atoms with Crippen LogP contribution in [0.1, 0.15) is 36.2 Å². The molecule has 4 rings (SSSR count). The number of fused-ring (bicyclic) bond motifs is 3. The largest absolute Gasteiger partial charge is 0.337 e. The van der Waals surface area contributed by atoms with Gasteiger partial charge in [-0.2, -0.15) is 0 Å². The Hall–Kier alpha value is -2.14. The summed E-state index contributed by atoms with van der Waals surface area (Å²) in [4.78, 5) is 29.5. The number of carbonyl (C=O) groups excluding carboxylic acids is 1. The van der Waals surface area contributed by atoms with E-state index in [-0.39, 0.29) is 17.5 Å². The minimum absolute atomic E-state index is 0.0980. The van der Waals surface area contributed by atoms with Gasteiger partial charge in [-0.1, -0.05) is 18.2 Å². The Labute approximate surface area is 134 Å². The fraction of sp³-hybridized carbons (Fsp3) is 0.444. The molecule has 23 heavy (non-hydrogen) atoms. The van der Waals surface area contributed by atoms with Gasteiger partial charge in [0.2, 0.25) is 0 Å². The van der Waals surface area contributed by atoms with Gasteiger partial charge < -0.3 is 15.2 Å². The Kier molecular flexibility index (Phi) is 3.45. The van der Waals surface area contributed by atoms with Crippen molar-refractivity contribution in [3.8, 4) is 0 Å². The molecule has 2 unspecified atom stereocenters. The maximum Gasteiger partial charge on any atom is 0.270 e. The number of nitrogens with zero attached hydrogens (tertiary/aromatic N) is 1. The van der Waals surface area contributed by atoms with Crippen molar-refractivity contribution in [1.82, 2.24) is 15.2 Å². The molecule has 0 saturated carbocycles. The van der Waals surface area contributed by atoms with Gasteiger partial charge in [0.1, 0.15) is 5.69 Å². The van der Waals surface area contributed by atoms with Crippen LogP contribution in [0.25, 0.3) is 10.8 Å². The van der Waals surface area contributed by atoms with Gasteiger partial charge in [0.15, 0.2) is 0 Å². The Morgan fingerprint density at radius 3 is 2.61 bits per heavy atom. The minimum Gasteiger partial charge on any atom is -0.337 e. The van der Waals surface area contributed by atoms with Crippen LogP contribution in [-0.4, -0.2) is 41.0 Å². The maximum atomic E-state index is 12.8. The van der Waals surface area contributed by atoms with E-state index < -0.39 is 0 Å². The standard InChI is InChI=1S/C18H21N3O2/c1-21(14-9-12-6-7-13(10-14)19-12)18(23)16-8-11-4-2-3-5-15(11)17(22)20-16/h2-5,8,12-14,19H,6-7,9-10H2,1H3,(H,20,22). The van der Waals surface area contributed by atoms with E-state index >= 15 is 0 Å². The number of H-pyrrole nitrogens is 1. The van der Waals surface area contributed by atoms with Gasteiger partial charge >= 0.3 is 0 Å². The number of rotatable bonds is 2. The van der Waals surface area contributed by atoms with Gasteiger partial charge in [0, 0.05) is 30.6 Å². The maximum absolute atomic E-state index is 12.8. The molecule has 2 atom stereocenters. The summed E-state index contributed by atoms with van der Waals surface area (Å²) in [6.45, 7) is 0. The van der Waals surface area contributed by atoms with Gasteiger partial charge in [-0.05, 0) is 43.2 Å². The molecule has 0 aliphatic carbocycles. The van der Waals surface area contributed by atoms with Crippen molar-refractivity contribution in [3.05, 3.63) is 46.4 Å². The van der Waals surface area contributed by atoms with Crippen LogP contribution in [0.3, 0.4) is 0 Å². The Bertz CT molecular complexity index is 801. The molecule has 2 bridgehead atoms. The van der Waals surface area contributed by atoms with Crippen molar-refractivity contribution in [3.63, 3.8) is 0 Å². The van der Waals surface area contributed by atoms with Gasteiger partial charge in [0.05, 0.1) is 0 Å². The molecule has 0 radical (unpaired) electrons. The molecular formula is C18H21N3O2. The number of nitrogens with one attached hydrogen (secondary N) is 2. The van der Waals surface area contributed by atoms with E-state index in [1.54, 1.807) is 12.1 Å². The van der Waals surface area contributed by atoms with Crippen LogP contribution in [0.2, 0.25) is 0 Å². The molecule has 0 spiro atoms. The third-order valence-electron chi connectivity index (χ3n) is 5.30. The van der Waals surface area contributed by atoms with E-state index in [1.165, 1.54) is 12.8 Å². The monoisotopic (exact) mass is 311 g/mol. The lowest BCUT2D eigenvalue weighted by Gasteiger charge is -2.35. The van der Waals surface area contributed by atoms with Gasteiger partial charge in [-0.3, -0.25) is 9.59 Å². The van der Waals surface area contributed by atoms with Crippen molar-refractivity contribution in [2.75, 3.05) is 7.05 Å². The highest BCUT2D eigenvalue weighted by molar-refractivity contribution is 5.96. The molecule has 1 aromatic carbocycles. The summed E-state index contributed by atoms with van der Waals surface area (Å²) in [7, 11) is 1.85. The van der Waals surface area contributed by atoms with E-state index in [1.807, 2.05) is 30.1 Å². The van der Waals surface area contributed by atoms with E-state index in [0.29, 0.717) is 23.2 Å². The van der Waals surface area contributed by atoms with Crippen LogP contribution >= 0.6 is 0 Å². The summed E-state index contributed by atoms with van der Waals surface area (Å²) in [5, 5.41) is 5.01. The van der Waals surface area contributed by atoms with Crippen molar-refractivity contribution in [2.24, 2.45) is 0 Å². The SMILES string of the molecule is CN(C(=O)c1cc2ccccc2c(=O)[nH]1)C1CC2CCC(C1)N2. The highest BCUT2D eigenvalue weighted by atomic mass is 16.2. The van der Waals surface area contributed by atoms with Gasteiger partial charge in [-0.25, -0.2) is 0 Å². The van der Waals surface area contributed by atoms with E-state index in [9.17, 15) is 9.59 Å². The normalized spacial score (nSPS) is 26.4. The van der Waals surface area contributed by atoms with Crippen LogP contribution in [0, 0.1) is 0 Å². The van der Waals surface area contributed by atoms with Crippen molar-refractivity contribution in [1.29, 1.82) is 0 Å². The highest BCUT2D eigenvalue weighted by Gasteiger charge is 2.36. The molecule has 2 aromatic rings. The van der Waals surface area contributed by atoms with Crippen LogP contribution in [0.15, 0.2) is 35.1 Å². The smallest absolute Gasteiger partial charge is 0.270 e. The first kappa shape index (κ1) is 14.5. The molecule has 3 heterocycles. The number of hydrogen-bond acceptors (Lipinski definition) is 3. The van der Waals surface area contributed by atoms with Crippen molar-refractivity contribution in [2.45, 2.75) is 43.8 Å². The number of benzene rings is 1. The second-order valence-corrected chi connectivity index (χ2v) is 6.78. The molecule has 2 saturated heterocycles. The molecule has 1 aromatic heterocycles. The van der Waals surface area contributed by atoms with E-state index in [2.05, 4.69) is 10.3 Å². The number of pyridine rings is 1. The Morgan fingerprint density at radius 2 is 1.87 bits per heavy atom. The van der Waals surface area contributed by atoms with E-state index in [0.717, 1.165) is 18.2 Å². The summed E-state index contributed by atoms with van der Waals surface area (Å²) in [5.41, 5.74) is 0.173. The summed E-state index contributed by atoms with van der Waals surface area (Å²) in [6, 6.07) is 10.4. The number of piperidine rings is 1. The zero-order valence-electron chi connectivity index (χ0n) is 13.2. The summed E-state index contributed by atoms with van der Waals surface area (Å²) >= 11 is 0. The lowest BCUT2D eigenvalue weighted by Crippen LogP contribution is -2.49. The summed E-state index contributed by atoms with van der Waals surface area (Å²) in [5.74, 6) is -0.0980. The Balaban J connectivity index is 1.62. The Morgan fingerprint density at radius 1 is 1.17 bits per heavy atom. The molecule has 5 heteroatoms. The predicted molar refractivity (Wildman–Crippen MR) is 89.6 cm³/mol. The van der Waals surface area contributed by atoms with Crippen LogP contribution in [0.4, 0.5) is 0 Å². The molecule has 2 aliphatic heterocycles. The number of aromatic amines is 1. The fourth-order valence-electron chi connectivity index (χ4n) is 4.03. The van der Waals surface area contributed by atoms with E-state index in [4.69, 9.17) is 0 Å². The zero-order valence-corrected chi connectivity index (χ0v) is 13.2. The van der Waals surface area contributed by atoms with Crippen molar-refractivity contribution >= 4 is 16.7 Å².